The lowest BCUT2D eigenvalue weighted by Gasteiger charge is -2.46. The first-order chi connectivity index (χ1) is 9.28. The second-order valence-electron chi connectivity index (χ2n) is 5.96. The number of nitrogens with one attached hydrogen (secondary N) is 1. The van der Waals surface area contributed by atoms with Gasteiger partial charge in [-0.05, 0) is 58.0 Å². The molecular formula is C15H30N2O2. The first-order valence-electron chi connectivity index (χ1n) is 7.94. The molecule has 112 valence electrons. The maximum atomic E-state index is 5.68. The van der Waals surface area contributed by atoms with Crippen LogP contribution in [0, 0.1) is 5.41 Å². The van der Waals surface area contributed by atoms with Crippen molar-refractivity contribution in [3.8, 4) is 0 Å². The Morgan fingerprint density at radius 2 is 1.89 bits per heavy atom. The molecule has 2 saturated heterocycles. The number of piperidine rings is 2. The molecule has 2 aliphatic rings. The van der Waals surface area contributed by atoms with Crippen LogP contribution in [0.3, 0.4) is 0 Å². The van der Waals surface area contributed by atoms with Crippen LogP contribution in [0.1, 0.15) is 39.5 Å². The third-order valence-corrected chi connectivity index (χ3v) is 4.41. The van der Waals surface area contributed by atoms with E-state index < -0.39 is 0 Å². The summed E-state index contributed by atoms with van der Waals surface area (Å²) in [4.78, 5) is 2.55. The van der Waals surface area contributed by atoms with E-state index in [1.165, 1.54) is 51.9 Å². The molecule has 4 heteroatoms. The van der Waals surface area contributed by atoms with Gasteiger partial charge in [0.15, 0.2) is 6.29 Å². The molecule has 0 amide bonds. The Morgan fingerprint density at radius 1 is 1.16 bits per heavy atom. The minimum absolute atomic E-state index is 0.0540. The molecule has 0 aromatic carbocycles. The zero-order valence-electron chi connectivity index (χ0n) is 12.6. The van der Waals surface area contributed by atoms with Crippen molar-refractivity contribution in [3.63, 3.8) is 0 Å². The van der Waals surface area contributed by atoms with Gasteiger partial charge in [-0.25, -0.2) is 0 Å². The van der Waals surface area contributed by atoms with Crippen LogP contribution < -0.4 is 5.32 Å². The quantitative estimate of drug-likeness (QED) is 0.747. The molecule has 19 heavy (non-hydrogen) atoms. The molecule has 2 fully saturated rings. The van der Waals surface area contributed by atoms with Crippen LogP contribution in [0.15, 0.2) is 0 Å². The third kappa shape index (κ3) is 4.42. The maximum absolute atomic E-state index is 5.68. The summed E-state index contributed by atoms with van der Waals surface area (Å²) in [6, 6.07) is 0. The smallest absolute Gasteiger partial charge is 0.170 e. The van der Waals surface area contributed by atoms with Gasteiger partial charge in [0, 0.05) is 32.8 Å². The van der Waals surface area contributed by atoms with Crippen LogP contribution in [0.25, 0.3) is 0 Å². The fraction of sp³-hybridized carbons (Fsp3) is 1.00. The predicted molar refractivity (Wildman–Crippen MR) is 77.3 cm³/mol. The fourth-order valence-electron chi connectivity index (χ4n) is 3.58. The van der Waals surface area contributed by atoms with Crippen molar-refractivity contribution in [1.29, 1.82) is 0 Å². The fourth-order valence-corrected chi connectivity index (χ4v) is 3.58. The van der Waals surface area contributed by atoms with Crippen LogP contribution in [-0.4, -0.2) is 57.1 Å². The van der Waals surface area contributed by atoms with Crippen LogP contribution in [0.4, 0.5) is 0 Å². The largest absolute Gasteiger partial charge is 0.352 e. The zero-order valence-corrected chi connectivity index (χ0v) is 12.6. The first kappa shape index (κ1) is 15.2. The van der Waals surface area contributed by atoms with Gasteiger partial charge in [-0.1, -0.05) is 0 Å². The molecule has 0 radical (unpaired) electrons. The maximum Gasteiger partial charge on any atom is 0.170 e. The van der Waals surface area contributed by atoms with Gasteiger partial charge in [-0.2, -0.15) is 0 Å². The van der Waals surface area contributed by atoms with Crippen LogP contribution in [0.5, 0.6) is 0 Å². The molecule has 1 atom stereocenters. The van der Waals surface area contributed by atoms with E-state index in [0.717, 1.165) is 19.8 Å². The summed E-state index contributed by atoms with van der Waals surface area (Å²) >= 11 is 0. The summed E-state index contributed by atoms with van der Waals surface area (Å²) in [5.41, 5.74) is 0.513. The molecule has 2 aliphatic heterocycles. The topological polar surface area (TPSA) is 33.7 Å². The molecular weight excluding hydrogens is 240 g/mol. The van der Waals surface area contributed by atoms with Crippen LogP contribution >= 0.6 is 0 Å². The molecule has 1 spiro atoms. The average Bonchev–Trinajstić information content (AvgIpc) is 2.40. The van der Waals surface area contributed by atoms with Gasteiger partial charge < -0.3 is 14.8 Å². The molecule has 0 saturated carbocycles. The number of hydrogen-bond donors (Lipinski definition) is 1. The number of hydrogen-bond acceptors (Lipinski definition) is 4. The van der Waals surface area contributed by atoms with Gasteiger partial charge in [0.25, 0.3) is 0 Å². The molecule has 2 heterocycles. The summed E-state index contributed by atoms with van der Waals surface area (Å²) in [6.07, 6.45) is 5.34. The highest BCUT2D eigenvalue weighted by Crippen LogP contribution is 2.35. The van der Waals surface area contributed by atoms with Gasteiger partial charge in [0.05, 0.1) is 0 Å². The highest BCUT2D eigenvalue weighted by Gasteiger charge is 2.36. The molecule has 0 aromatic rings. The second kappa shape index (κ2) is 7.58. The van der Waals surface area contributed by atoms with Crippen molar-refractivity contribution in [1.82, 2.24) is 10.2 Å². The summed E-state index contributed by atoms with van der Waals surface area (Å²) in [5, 5.41) is 3.58. The molecule has 2 rings (SSSR count). The molecule has 1 unspecified atom stereocenters. The van der Waals surface area contributed by atoms with Gasteiger partial charge in [-0.3, -0.25) is 4.90 Å². The van der Waals surface area contributed by atoms with Crippen LogP contribution in [-0.2, 0) is 9.47 Å². The van der Waals surface area contributed by atoms with E-state index >= 15 is 0 Å². The lowest BCUT2D eigenvalue weighted by molar-refractivity contribution is -0.152. The molecule has 4 nitrogen and oxygen atoms in total. The number of rotatable bonds is 6. The lowest BCUT2D eigenvalue weighted by atomic mass is 9.74. The average molecular weight is 270 g/mol. The lowest BCUT2D eigenvalue weighted by Crippen LogP contribution is -2.52. The van der Waals surface area contributed by atoms with E-state index in [-0.39, 0.29) is 6.29 Å². The Morgan fingerprint density at radius 3 is 2.53 bits per heavy atom. The molecule has 0 aromatic heterocycles. The molecule has 1 N–H and O–H groups in total. The Hall–Kier alpha value is -0.160. The second-order valence-corrected chi connectivity index (χ2v) is 5.96. The van der Waals surface area contributed by atoms with E-state index in [9.17, 15) is 0 Å². The normalized spacial score (nSPS) is 29.2. The van der Waals surface area contributed by atoms with Crippen LogP contribution in [0.2, 0.25) is 0 Å². The van der Waals surface area contributed by atoms with Gasteiger partial charge >= 0.3 is 0 Å². The minimum Gasteiger partial charge on any atom is -0.352 e. The minimum atomic E-state index is -0.0540. The number of likely N-dealkylation sites (tertiary alicyclic amines) is 1. The Labute approximate surface area is 117 Å². The Balaban J connectivity index is 1.85. The monoisotopic (exact) mass is 270 g/mol. The molecule has 0 bridgehead atoms. The van der Waals surface area contributed by atoms with Crippen molar-refractivity contribution in [2.45, 2.75) is 45.8 Å². The van der Waals surface area contributed by atoms with Gasteiger partial charge in [0.2, 0.25) is 0 Å². The van der Waals surface area contributed by atoms with Crippen molar-refractivity contribution in [2.75, 3.05) is 45.9 Å². The van der Waals surface area contributed by atoms with Crippen molar-refractivity contribution in [3.05, 3.63) is 0 Å². The van der Waals surface area contributed by atoms with Gasteiger partial charge in [0.1, 0.15) is 0 Å². The van der Waals surface area contributed by atoms with Crippen molar-refractivity contribution < 1.29 is 9.47 Å². The highest BCUT2D eigenvalue weighted by atomic mass is 16.7. The summed E-state index contributed by atoms with van der Waals surface area (Å²) < 4.78 is 11.4. The SMILES string of the molecule is CCOC(CN1CCCC2(CCCNC2)C1)OCC. The summed E-state index contributed by atoms with van der Waals surface area (Å²) in [6.45, 7) is 11.2. The third-order valence-electron chi connectivity index (χ3n) is 4.41. The molecule has 0 aliphatic carbocycles. The highest BCUT2D eigenvalue weighted by molar-refractivity contribution is 4.91. The zero-order chi connectivity index (χ0) is 13.6. The Bertz CT molecular complexity index is 243. The summed E-state index contributed by atoms with van der Waals surface area (Å²) in [5.74, 6) is 0. The van der Waals surface area contributed by atoms with Crippen molar-refractivity contribution in [2.24, 2.45) is 5.41 Å². The summed E-state index contributed by atoms with van der Waals surface area (Å²) in [7, 11) is 0. The number of ether oxygens (including phenoxy) is 2. The predicted octanol–water partition coefficient (Wildman–Crippen LogP) is 1.85. The number of nitrogens with zero attached hydrogens (tertiary/aromatic N) is 1. The standard InChI is InChI=1S/C15H30N2O2/c1-3-18-14(19-4-2)11-17-10-6-8-15(13-17)7-5-9-16-12-15/h14,16H,3-13H2,1-2H3. The van der Waals surface area contributed by atoms with Crippen molar-refractivity contribution >= 4 is 0 Å². The van der Waals surface area contributed by atoms with E-state index in [4.69, 9.17) is 9.47 Å². The van der Waals surface area contributed by atoms with E-state index in [1.807, 2.05) is 13.8 Å². The van der Waals surface area contributed by atoms with Gasteiger partial charge in [-0.15, -0.1) is 0 Å². The first-order valence-corrected chi connectivity index (χ1v) is 7.94. The van der Waals surface area contributed by atoms with E-state index in [2.05, 4.69) is 10.2 Å². The van der Waals surface area contributed by atoms with E-state index in [0.29, 0.717) is 5.41 Å². The Kier molecular flexibility index (Phi) is 6.07. The van der Waals surface area contributed by atoms with E-state index in [1.54, 1.807) is 0 Å².